The van der Waals surface area contributed by atoms with Crippen LogP contribution in [0.3, 0.4) is 0 Å². The van der Waals surface area contributed by atoms with Gasteiger partial charge in [0, 0.05) is 12.6 Å². The van der Waals surface area contributed by atoms with Crippen LogP contribution in [-0.4, -0.2) is 60.1 Å². The Labute approximate surface area is 133 Å². The van der Waals surface area contributed by atoms with Crippen molar-refractivity contribution in [3.05, 3.63) is 35.4 Å². The van der Waals surface area contributed by atoms with Crippen LogP contribution in [0.1, 0.15) is 30.4 Å². The van der Waals surface area contributed by atoms with E-state index in [0.29, 0.717) is 6.04 Å². The lowest BCUT2D eigenvalue weighted by molar-refractivity contribution is -0.138. The third kappa shape index (κ3) is 5.43. The van der Waals surface area contributed by atoms with Crippen LogP contribution in [-0.2, 0) is 11.2 Å². The number of aliphatic carboxylic acids is 1. The maximum absolute atomic E-state index is 10.8. The van der Waals surface area contributed by atoms with E-state index in [1.54, 1.807) is 0 Å². The number of benzene rings is 1. The maximum Gasteiger partial charge on any atom is 0.317 e. The van der Waals surface area contributed by atoms with E-state index in [1.165, 1.54) is 11.1 Å². The Balaban J connectivity index is 1.79. The van der Waals surface area contributed by atoms with Crippen LogP contribution >= 0.6 is 0 Å². The average Bonchev–Trinajstić information content (AvgIpc) is 2.70. The monoisotopic (exact) mass is 304 g/mol. The summed E-state index contributed by atoms with van der Waals surface area (Å²) in [6, 6.07) is 9.14. The van der Waals surface area contributed by atoms with Crippen LogP contribution in [0.15, 0.2) is 24.3 Å². The van der Waals surface area contributed by atoms with E-state index in [1.807, 2.05) is 11.9 Å². The molecule has 0 bridgehead atoms. The maximum atomic E-state index is 10.8. The van der Waals surface area contributed by atoms with Crippen LogP contribution in [0, 0.1) is 6.92 Å². The van der Waals surface area contributed by atoms with Gasteiger partial charge in [0.2, 0.25) is 0 Å². The summed E-state index contributed by atoms with van der Waals surface area (Å²) in [5, 5.41) is 8.92. The summed E-state index contributed by atoms with van der Waals surface area (Å²) in [7, 11) is 1.93. The van der Waals surface area contributed by atoms with Gasteiger partial charge in [-0.05, 0) is 58.3 Å². The minimum Gasteiger partial charge on any atom is -0.480 e. The topological polar surface area (TPSA) is 43.8 Å². The molecular formula is C18H28N2O2. The summed E-state index contributed by atoms with van der Waals surface area (Å²) < 4.78 is 0. The van der Waals surface area contributed by atoms with Crippen molar-refractivity contribution in [2.75, 3.05) is 33.2 Å². The summed E-state index contributed by atoms with van der Waals surface area (Å²) in [4.78, 5) is 15.4. The van der Waals surface area contributed by atoms with Crippen LogP contribution in [0.4, 0.5) is 0 Å². The predicted octanol–water partition coefficient (Wildman–Crippen LogP) is 2.41. The van der Waals surface area contributed by atoms with Crippen LogP contribution in [0.5, 0.6) is 0 Å². The summed E-state index contributed by atoms with van der Waals surface area (Å²) in [5.74, 6) is -0.733. The van der Waals surface area contributed by atoms with Crippen LogP contribution < -0.4 is 0 Å². The SMILES string of the molecule is Cc1cccc(CCN2CCCC(N(C)CC(=O)O)CC2)c1. The van der Waals surface area contributed by atoms with Gasteiger partial charge in [-0.25, -0.2) is 0 Å². The molecule has 2 rings (SSSR count). The number of rotatable bonds is 6. The molecule has 1 aromatic rings. The van der Waals surface area contributed by atoms with Gasteiger partial charge in [-0.2, -0.15) is 0 Å². The minimum absolute atomic E-state index is 0.147. The summed E-state index contributed by atoms with van der Waals surface area (Å²) >= 11 is 0. The van der Waals surface area contributed by atoms with E-state index in [-0.39, 0.29) is 6.54 Å². The molecule has 1 heterocycles. The second kappa shape index (κ2) is 8.30. The van der Waals surface area contributed by atoms with Gasteiger partial charge in [-0.1, -0.05) is 29.8 Å². The fourth-order valence-electron chi connectivity index (χ4n) is 3.30. The first-order valence-corrected chi connectivity index (χ1v) is 8.24. The van der Waals surface area contributed by atoms with Crippen molar-refractivity contribution in [2.45, 2.75) is 38.6 Å². The molecule has 1 atom stereocenters. The zero-order valence-corrected chi connectivity index (χ0v) is 13.8. The number of hydrogen-bond donors (Lipinski definition) is 1. The number of carboxylic acids is 1. The smallest absolute Gasteiger partial charge is 0.317 e. The first-order chi connectivity index (χ1) is 10.5. The summed E-state index contributed by atoms with van der Waals surface area (Å²) in [6.45, 7) is 5.58. The number of aryl methyl sites for hydroxylation is 1. The lowest BCUT2D eigenvalue weighted by Crippen LogP contribution is -2.36. The average molecular weight is 304 g/mol. The Kier molecular flexibility index (Phi) is 6.40. The number of likely N-dealkylation sites (tertiary alicyclic amines) is 1. The van der Waals surface area contributed by atoms with E-state index in [0.717, 1.165) is 45.3 Å². The Morgan fingerprint density at radius 1 is 1.36 bits per heavy atom. The zero-order valence-electron chi connectivity index (χ0n) is 13.8. The van der Waals surface area contributed by atoms with Gasteiger partial charge >= 0.3 is 5.97 Å². The summed E-state index contributed by atoms with van der Waals surface area (Å²) in [6.07, 6.45) is 4.42. The molecule has 0 radical (unpaired) electrons. The Morgan fingerprint density at radius 2 is 2.18 bits per heavy atom. The number of likely N-dealkylation sites (N-methyl/N-ethyl adjacent to an activating group) is 1. The van der Waals surface area contributed by atoms with Crippen molar-refractivity contribution in [2.24, 2.45) is 0 Å². The molecule has 1 N–H and O–H groups in total. The first kappa shape index (κ1) is 17.0. The van der Waals surface area contributed by atoms with Crippen molar-refractivity contribution in [1.29, 1.82) is 0 Å². The number of nitrogens with zero attached hydrogens (tertiary/aromatic N) is 2. The standard InChI is InChI=1S/C18H28N2O2/c1-15-5-3-6-16(13-15)8-11-20-10-4-7-17(9-12-20)19(2)14-18(21)22/h3,5-6,13,17H,4,7-12,14H2,1-2H3,(H,21,22). The molecule has 1 unspecified atom stereocenters. The molecule has 1 fully saturated rings. The third-order valence-corrected chi connectivity index (χ3v) is 4.60. The molecule has 0 spiro atoms. The number of carboxylic acid groups (broad SMARTS) is 1. The minimum atomic E-state index is -0.733. The van der Waals surface area contributed by atoms with Crippen molar-refractivity contribution < 1.29 is 9.90 Å². The second-order valence-corrected chi connectivity index (χ2v) is 6.47. The molecule has 0 saturated carbocycles. The molecule has 0 amide bonds. The van der Waals surface area contributed by atoms with Crippen molar-refractivity contribution in [1.82, 2.24) is 9.80 Å². The normalized spacial score (nSPS) is 20.0. The van der Waals surface area contributed by atoms with Gasteiger partial charge in [0.25, 0.3) is 0 Å². The lowest BCUT2D eigenvalue weighted by Gasteiger charge is -2.25. The lowest BCUT2D eigenvalue weighted by atomic mass is 10.1. The zero-order chi connectivity index (χ0) is 15.9. The van der Waals surface area contributed by atoms with E-state index < -0.39 is 5.97 Å². The highest BCUT2D eigenvalue weighted by Crippen LogP contribution is 2.16. The molecule has 22 heavy (non-hydrogen) atoms. The molecule has 0 aliphatic carbocycles. The molecule has 1 aliphatic heterocycles. The van der Waals surface area contributed by atoms with E-state index >= 15 is 0 Å². The van der Waals surface area contributed by atoms with E-state index in [4.69, 9.17) is 5.11 Å². The van der Waals surface area contributed by atoms with Crippen molar-refractivity contribution >= 4 is 5.97 Å². The first-order valence-electron chi connectivity index (χ1n) is 8.24. The van der Waals surface area contributed by atoms with Crippen LogP contribution in [0.2, 0.25) is 0 Å². The van der Waals surface area contributed by atoms with Gasteiger partial charge < -0.3 is 10.0 Å². The largest absolute Gasteiger partial charge is 0.480 e. The van der Waals surface area contributed by atoms with E-state index in [9.17, 15) is 4.79 Å². The molecular weight excluding hydrogens is 276 g/mol. The van der Waals surface area contributed by atoms with Gasteiger partial charge in [0.1, 0.15) is 0 Å². The number of hydrogen-bond acceptors (Lipinski definition) is 3. The highest BCUT2D eigenvalue weighted by atomic mass is 16.4. The van der Waals surface area contributed by atoms with Crippen molar-refractivity contribution in [3.8, 4) is 0 Å². The molecule has 4 heteroatoms. The Hall–Kier alpha value is -1.39. The van der Waals surface area contributed by atoms with E-state index in [2.05, 4.69) is 36.1 Å². The summed E-state index contributed by atoms with van der Waals surface area (Å²) in [5.41, 5.74) is 2.73. The highest BCUT2D eigenvalue weighted by Gasteiger charge is 2.21. The van der Waals surface area contributed by atoms with Crippen LogP contribution in [0.25, 0.3) is 0 Å². The fourth-order valence-corrected chi connectivity index (χ4v) is 3.30. The van der Waals surface area contributed by atoms with Crippen molar-refractivity contribution in [3.63, 3.8) is 0 Å². The third-order valence-electron chi connectivity index (χ3n) is 4.60. The molecule has 1 aliphatic rings. The van der Waals surface area contributed by atoms with Gasteiger partial charge in [0.05, 0.1) is 6.54 Å². The van der Waals surface area contributed by atoms with Gasteiger partial charge in [0.15, 0.2) is 0 Å². The predicted molar refractivity (Wildman–Crippen MR) is 89.2 cm³/mol. The Morgan fingerprint density at radius 3 is 2.91 bits per heavy atom. The quantitative estimate of drug-likeness (QED) is 0.876. The Bertz CT molecular complexity index is 490. The second-order valence-electron chi connectivity index (χ2n) is 6.47. The molecule has 122 valence electrons. The molecule has 4 nitrogen and oxygen atoms in total. The molecule has 1 saturated heterocycles. The highest BCUT2D eigenvalue weighted by molar-refractivity contribution is 5.69. The van der Waals surface area contributed by atoms with Gasteiger partial charge in [-0.3, -0.25) is 9.69 Å². The molecule has 1 aromatic carbocycles. The molecule has 0 aromatic heterocycles. The number of carbonyl (C=O) groups is 1. The van der Waals surface area contributed by atoms with Gasteiger partial charge in [-0.15, -0.1) is 0 Å². The fraction of sp³-hybridized carbons (Fsp3) is 0.611.